The smallest absolute Gasteiger partial charge is 0.119 e. The van der Waals surface area contributed by atoms with Gasteiger partial charge in [-0.3, -0.25) is 0 Å². The molecule has 2 rings (SSSR count). The van der Waals surface area contributed by atoms with E-state index in [-0.39, 0.29) is 6.10 Å². The minimum Gasteiger partial charge on any atom is -0.494 e. The number of ether oxygens (including phenoxy) is 1. The van der Waals surface area contributed by atoms with E-state index in [9.17, 15) is 5.11 Å². The molecule has 0 unspecified atom stereocenters. The molecular weight excluding hydrogens is 214 g/mol. The SMILES string of the molecule is O[C@@H]1CCC[C@H]1NCCCOc1ccccc1. The predicted octanol–water partition coefficient (Wildman–Crippen LogP) is 1.96. The quantitative estimate of drug-likeness (QED) is 0.741. The highest BCUT2D eigenvalue weighted by Gasteiger charge is 2.23. The Morgan fingerprint density at radius 1 is 1.24 bits per heavy atom. The standard InChI is InChI=1S/C14H21NO2/c16-14-9-4-8-13(14)15-10-5-11-17-12-6-2-1-3-7-12/h1-3,6-7,13-16H,4-5,8-11H2/t13-,14-/m1/s1. The molecule has 3 heteroatoms. The highest BCUT2D eigenvalue weighted by molar-refractivity contribution is 5.20. The van der Waals surface area contributed by atoms with Gasteiger partial charge in [-0.25, -0.2) is 0 Å². The number of rotatable bonds is 6. The van der Waals surface area contributed by atoms with E-state index >= 15 is 0 Å². The van der Waals surface area contributed by atoms with E-state index in [4.69, 9.17) is 4.74 Å². The minimum absolute atomic E-state index is 0.148. The Labute approximate surface area is 103 Å². The van der Waals surface area contributed by atoms with Crippen LogP contribution in [0, 0.1) is 0 Å². The van der Waals surface area contributed by atoms with Gasteiger partial charge in [0, 0.05) is 6.04 Å². The summed E-state index contributed by atoms with van der Waals surface area (Å²) in [6, 6.07) is 10.2. The molecule has 1 aromatic carbocycles. The average molecular weight is 235 g/mol. The summed E-state index contributed by atoms with van der Waals surface area (Å²) in [7, 11) is 0. The number of para-hydroxylation sites is 1. The van der Waals surface area contributed by atoms with Crippen molar-refractivity contribution in [3.63, 3.8) is 0 Å². The van der Waals surface area contributed by atoms with Gasteiger partial charge < -0.3 is 15.2 Å². The van der Waals surface area contributed by atoms with Crippen LogP contribution in [-0.2, 0) is 0 Å². The van der Waals surface area contributed by atoms with Crippen molar-refractivity contribution in [3.05, 3.63) is 30.3 Å². The van der Waals surface area contributed by atoms with Crippen LogP contribution in [0.4, 0.5) is 0 Å². The lowest BCUT2D eigenvalue weighted by atomic mass is 10.2. The summed E-state index contributed by atoms with van der Waals surface area (Å²) >= 11 is 0. The van der Waals surface area contributed by atoms with Crippen molar-refractivity contribution in [2.24, 2.45) is 0 Å². The Balaban J connectivity index is 1.55. The van der Waals surface area contributed by atoms with Crippen molar-refractivity contribution in [2.75, 3.05) is 13.2 Å². The lowest BCUT2D eigenvalue weighted by Crippen LogP contribution is -2.36. The molecule has 17 heavy (non-hydrogen) atoms. The first-order valence-electron chi connectivity index (χ1n) is 6.45. The summed E-state index contributed by atoms with van der Waals surface area (Å²) < 4.78 is 5.60. The zero-order valence-corrected chi connectivity index (χ0v) is 10.1. The van der Waals surface area contributed by atoms with Gasteiger partial charge in [-0.15, -0.1) is 0 Å². The van der Waals surface area contributed by atoms with Crippen LogP contribution in [0.25, 0.3) is 0 Å². The van der Waals surface area contributed by atoms with Crippen molar-refractivity contribution in [3.8, 4) is 5.75 Å². The van der Waals surface area contributed by atoms with E-state index in [1.54, 1.807) is 0 Å². The first-order chi connectivity index (χ1) is 8.36. The summed E-state index contributed by atoms with van der Waals surface area (Å²) in [5.41, 5.74) is 0. The Morgan fingerprint density at radius 2 is 2.06 bits per heavy atom. The zero-order chi connectivity index (χ0) is 11.9. The van der Waals surface area contributed by atoms with Gasteiger partial charge in [0.05, 0.1) is 12.7 Å². The van der Waals surface area contributed by atoms with Crippen molar-refractivity contribution in [1.29, 1.82) is 0 Å². The van der Waals surface area contributed by atoms with Crippen LogP contribution < -0.4 is 10.1 Å². The summed E-state index contributed by atoms with van der Waals surface area (Å²) in [4.78, 5) is 0. The molecule has 1 aliphatic rings. The lowest BCUT2D eigenvalue weighted by Gasteiger charge is -2.16. The van der Waals surface area contributed by atoms with E-state index in [0.717, 1.165) is 44.6 Å². The highest BCUT2D eigenvalue weighted by atomic mass is 16.5. The lowest BCUT2D eigenvalue weighted by molar-refractivity contribution is 0.148. The van der Waals surface area contributed by atoms with Gasteiger partial charge in [0.2, 0.25) is 0 Å². The van der Waals surface area contributed by atoms with Crippen molar-refractivity contribution in [2.45, 2.75) is 37.8 Å². The molecular formula is C14H21NO2. The van der Waals surface area contributed by atoms with Gasteiger partial charge in [-0.1, -0.05) is 18.2 Å². The molecule has 0 amide bonds. The summed E-state index contributed by atoms with van der Waals surface area (Å²) in [5, 5.41) is 13.0. The van der Waals surface area contributed by atoms with Crippen LogP contribution >= 0.6 is 0 Å². The first-order valence-corrected chi connectivity index (χ1v) is 6.45. The number of aliphatic hydroxyl groups excluding tert-OH is 1. The molecule has 3 nitrogen and oxygen atoms in total. The number of nitrogens with one attached hydrogen (secondary N) is 1. The number of hydrogen-bond donors (Lipinski definition) is 2. The van der Waals surface area contributed by atoms with E-state index in [1.165, 1.54) is 0 Å². The molecule has 1 aromatic rings. The third kappa shape index (κ3) is 4.02. The van der Waals surface area contributed by atoms with Crippen LogP contribution in [0.1, 0.15) is 25.7 Å². The van der Waals surface area contributed by atoms with Gasteiger partial charge in [-0.05, 0) is 44.4 Å². The monoisotopic (exact) mass is 235 g/mol. The molecule has 0 aromatic heterocycles. The maximum atomic E-state index is 9.63. The Bertz CT molecular complexity index is 315. The Morgan fingerprint density at radius 3 is 2.76 bits per heavy atom. The molecule has 1 fully saturated rings. The molecule has 94 valence electrons. The van der Waals surface area contributed by atoms with Gasteiger partial charge in [-0.2, -0.15) is 0 Å². The van der Waals surface area contributed by atoms with Gasteiger partial charge in [0.15, 0.2) is 0 Å². The van der Waals surface area contributed by atoms with E-state index in [0.29, 0.717) is 6.04 Å². The zero-order valence-electron chi connectivity index (χ0n) is 10.1. The second kappa shape index (κ2) is 6.62. The number of aliphatic hydroxyl groups is 1. The molecule has 1 aliphatic carbocycles. The van der Waals surface area contributed by atoms with E-state index in [2.05, 4.69) is 5.32 Å². The van der Waals surface area contributed by atoms with E-state index in [1.807, 2.05) is 30.3 Å². The van der Waals surface area contributed by atoms with Gasteiger partial charge >= 0.3 is 0 Å². The molecule has 2 N–H and O–H groups in total. The van der Waals surface area contributed by atoms with Gasteiger partial charge in [0.1, 0.15) is 5.75 Å². The van der Waals surface area contributed by atoms with Crippen molar-refractivity contribution in [1.82, 2.24) is 5.32 Å². The fourth-order valence-corrected chi connectivity index (χ4v) is 2.24. The third-order valence-electron chi connectivity index (χ3n) is 3.22. The average Bonchev–Trinajstić information content (AvgIpc) is 2.76. The van der Waals surface area contributed by atoms with Crippen LogP contribution in [0.15, 0.2) is 30.3 Å². The largest absolute Gasteiger partial charge is 0.494 e. The molecule has 0 saturated heterocycles. The minimum atomic E-state index is -0.148. The molecule has 0 heterocycles. The maximum Gasteiger partial charge on any atom is 0.119 e. The molecule has 0 radical (unpaired) electrons. The van der Waals surface area contributed by atoms with Crippen molar-refractivity contribution >= 4 is 0 Å². The topological polar surface area (TPSA) is 41.5 Å². The molecule has 0 bridgehead atoms. The fourth-order valence-electron chi connectivity index (χ4n) is 2.24. The highest BCUT2D eigenvalue weighted by Crippen LogP contribution is 2.18. The second-order valence-corrected chi connectivity index (χ2v) is 4.57. The third-order valence-corrected chi connectivity index (χ3v) is 3.22. The van der Waals surface area contributed by atoms with Gasteiger partial charge in [0.25, 0.3) is 0 Å². The Kier molecular flexibility index (Phi) is 4.83. The van der Waals surface area contributed by atoms with Crippen molar-refractivity contribution < 1.29 is 9.84 Å². The molecule has 1 saturated carbocycles. The summed E-state index contributed by atoms with van der Waals surface area (Å²) in [6.07, 6.45) is 4.00. The van der Waals surface area contributed by atoms with Crippen LogP contribution in [-0.4, -0.2) is 30.4 Å². The number of hydrogen-bond acceptors (Lipinski definition) is 3. The first kappa shape index (κ1) is 12.4. The predicted molar refractivity (Wildman–Crippen MR) is 68.2 cm³/mol. The molecule has 0 aliphatic heterocycles. The van der Waals surface area contributed by atoms with Crippen LogP contribution in [0.5, 0.6) is 5.75 Å². The fraction of sp³-hybridized carbons (Fsp3) is 0.571. The molecule has 2 atom stereocenters. The normalized spacial score (nSPS) is 23.8. The van der Waals surface area contributed by atoms with Crippen LogP contribution in [0.2, 0.25) is 0 Å². The van der Waals surface area contributed by atoms with E-state index < -0.39 is 0 Å². The maximum absolute atomic E-state index is 9.63. The van der Waals surface area contributed by atoms with Crippen LogP contribution in [0.3, 0.4) is 0 Å². The number of benzene rings is 1. The molecule has 0 spiro atoms. The summed E-state index contributed by atoms with van der Waals surface area (Å²) in [6.45, 7) is 1.63. The second-order valence-electron chi connectivity index (χ2n) is 4.57. The Hall–Kier alpha value is -1.06. The summed E-state index contributed by atoms with van der Waals surface area (Å²) in [5.74, 6) is 0.924.